The van der Waals surface area contributed by atoms with Gasteiger partial charge in [-0.1, -0.05) is 29.8 Å². The fraction of sp³-hybridized carbons (Fsp3) is 0.192. The number of nitrogens with zero attached hydrogens (tertiary/aromatic N) is 1. The molecule has 4 N–H and O–H groups in total. The minimum atomic E-state index is -0.497. The smallest absolute Gasteiger partial charge is 0.253 e. The highest BCUT2D eigenvalue weighted by Crippen LogP contribution is 2.22. The number of aromatic nitrogens is 1. The van der Waals surface area contributed by atoms with Crippen molar-refractivity contribution in [1.29, 1.82) is 0 Å². The molecule has 0 saturated carbocycles. The summed E-state index contributed by atoms with van der Waals surface area (Å²) in [4.78, 5) is 35.9. The van der Waals surface area contributed by atoms with E-state index in [1.54, 1.807) is 30.3 Å². The number of hydrogen-bond donors (Lipinski definition) is 3. The number of nitrogens with two attached hydrogens (primary N) is 1. The van der Waals surface area contributed by atoms with E-state index in [1.165, 1.54) is 11.6 Å². The number of nitrogens with one attached hydrogen (secondary N) is 2. The number of amides is 3. The van der Waals surface area contributed by atoms with Gasteiger partial charge in [-0.05, 0) is 62.7 Å². The van der Waals surface area contributed by atoms with Crippen molar-refractivity contribution in [3.05, 3.63) is 88.8 Å². The Balaban J connectivity index is 1.73. The number of hydrogen-bond acceptors (Lipinski definition) is 3. The zero-order valence-corrected chi connectivity index (χ0v) is 19.0. The molecule has 0 fully saturated rings. The summed E-state index contributed by atoms with van der Waals surface area (Å²) in [5.41, 5.74) is 11.1. The molecule has 0 atom stereocenters. The van der Waals surface area contributed by atoms with E-state index in [-0.39, 0.29) is 18.9 Å². The second-order valence-electron chi connectivity index (χ2n) is 7.84. The van der Waals surface area contributed by atoms with Gasteiger partial charge in [0.2, 0.25) is 11.8 Å². The molecule has 0 aliphatic heterocycles. The maximum atomic E-state index is 12.6. The van der Waals surface area contributed by atoms with Crippen LogP contribution in [-0.2, 0) is 9.59 Å². The Morgan fingerprint density at radius 2 is 1.70 bits per heavy atom. The van der Waals surface area contributed by atoms with Crippen LogP contribution in [0.15, 0.2) is 60.7 Å². The molecule has 1 heterocycles. The summed E-state index contributed by atoms with van der Waals surface area (Å²) in [6.45, 7) is 6.22. The van der Waals surface area contributed by atoms with E-state index in [1.807, 2.05) is 19.9 Å². The molecule has 7 heteroatoms. The lowest BCUT2D eigenvalue weighted by molar-refractivity contribution is -0.118. The fourth-order valence-corrected chi connectivity index (χ4v) is 3.57. The van der Waals surface area contributed by atoms with E-state index in [0.717, 1.165) is 22.6 Å². The maximum Gasteiger partial charge on any atom is 0.253 e. The average molecular weight is 445 g/mol. The van der Waals surface area contributed by atoms with Crippen molar-refractivity contribution in [3.63, 3.8) is 0 Å². The standard InChI is InChI=1S/C26H28N4O3/c1-17-8-11-21(12-9-17)30-18(2)16-20(19(30)3)10-13-25(32)29-23-7-5-4-6-22(23)26(33)28-15-14-24(27)31/h4-13,16H,14-15H2,1-3H3,(H2,27,31)(H,28,33)(H,29,32)/b13-10+. The van der Waals surface area contributed by atoms with Crippen molar-refractivity contribution in [2.75, 3.05) is 11.9 Å². The molecule has 170 valence electrons. The van der Waals surface area contributed by atoms with Crippen molar-refractivity contribution in [2.24, 2.45) is 5.73 Å². The van der Waals surface area contributed by atoms with Crippen LogP contribution in [0.3, 0.4) is 0 Å². The van der Waals surface area contributed by atoms with E-state index >= 15 is 0 Å². The first-order valence-corrected chi connectivity index (χ1v) is 10.7. The quantitative estimate of drug-likeness (QED) is 0.462. The minimum absolute atomic E-state index is 0.0456. The molecule has 1 aromatic heterocycles. The summed E-state index contributed by atoms with van der Waals surface area (Å²) in [6.07, 6.45) is 3.25. The lowest BCUT2D eigenvalue weighted by Gasteiger charge is -2.10. The van der Waals surface area contributed by atoms with E-state index in [9.17, 15) is 14.4 Å². The first-order valence-electron chi connectivity index (χ1n) is 10.7. The Bertz CT molecular complexity index is 1210. The van der Waals surface area contributed by atoms with Gasteiger partial charge in [0.25, 0.3) is 5.91 Å². The molecule has 0 saturated heterocycles. The van der Waals surface area contributed by atoms with Gasteiger partial charge in [0.1, 0.15) is 0 Å². The molecule has 0 aliphatic carbocycles. The molecule has 3 aromatic rings. The van der Waals surface area contributed by atoms with Crippen LogP contribution >= 0.6 is 0 Å². The molecular formula is C26H28N4O3. The van der Waals surface area contributed by atoms with Crippen LogP contribution < -0.4 is 16.4 Å². The first-order chi connectivity index (χ1) is 15.8. The molecule has 0 spiro atoms. The third-order valence-corrected chi connectivity index (χ3v) is 5.26. The summed E-state index contributed by atoms with van der Waals surface area (Å²) in [5, 5.41) is 5.38. The summed E-state index contributed by atoms with van der Waals surface area (Å²) in [7, 11) is 0. The predicted octanol–water partition coefficient (Wildman–Crippen LogP) is 3.66. The second kappa shape index (κ2) is 10.5. The highest BCUT2D eigenvalue weighted by atomic mass is 16.2. The van der Waals surface area contributed by atoms with E-state index < -0.39 is 11.8 Å². The van der Waals surface area contributed by atoms with Crippen LogP contribution in [0, 0.1) is 20.8 Å². The van der Waals surface area contributed by atoms with Crippen molar-refractivity contribution >= 4 is 29.5 Å². The summed E-state index contributed by atoms with van der Waals surface area (Å²) in [5.74, 6) is -1.24. The number of primary amides is 1. The topological polar surface area (TPSA) is 106 Å². The normalized spacial score (nSPS) is 10.9. The molecule has 3 amide bonds. The van der Waals surface area contributed by atoms with Gasteiger partial charge in [0.05, 0.1) is 11.3 Å². The largest absolute Gasteiger partial charge is 0.370 e. The summed E-state index contributed by atoms with van der Waals surface area (Å²) in [6, 6.07) is 17.0. The van der Waals surface area contributed by atoms with Crippen LogP contribution in [0.2, 0.25) is 0 Å². The Kier molecular flexibility index (Phi) is 7.46. The first kappa shape index (κ1) is 23.5. The van der Waals surface area contributed by atoms with Gasteiger partial charge in [-0.2, -0.15) is 0 Å². The third-order valence-electron chi connectivity index (χ3n) is 5.26. The van der Waals surface area contributed by atoms with E-state index in [4.69, 9.17) is 5.73 Å². The van der Waals surface area contributed by atoms with Crippen LogP contribution in [0.4, 0.5) is 5.69 Å². The van der Waals surface area contributed by atoms with E-state index in [2.05, 4.69) is 46.4 Å². The number of anilines is 1. The number of rotatable bonds is 8. The number of carbonyl (C=O) groups excluding carboxylic acids is 3. The maximum absolute atomic E-state index is 12.6. The van der Waals surface area contributed by atoms with Crippen LogP contribution in [0.5, 0.6) is 0 Å². The van der Waals surface area contributed by atoms with Gasteiger partial charge < -0.3 is 20.9 Å². The highest BCUT2D eigenvalue weighted by Gasteiger charge is 2.13. The number of para-hydroxylation sites is 1. The molecule has 0 unspecified atom stereocenters. The summed E-state index contributed by atoms with van der Waals surface area (Å²) >= 11 is 0. The molecular weight excluding hydrogens is 416 g/mol. The van der Waals surface area contributed by atoms with Crippen LogP contribution in [0.1, 0.15) is 39.3 Å². The van der Waals surface area contributed by atoms with Crippen molar-refractivity contribution in [1.82, 2.24) is 9.88 Å². The van der Waals surface area contributed by atoms with E-state index in [0.29, 0.717) is 11.3 Å². The van der Waals surface area contributed by atoms with Crippen LogP contribution in [0.25, 0.3) is 11.8 Å². The molecule has 0 radical (unpaired) electrons. The minimum Gasteiger partial charge on any atom is -0.370 e. The molecule has 33 heavy (non-hydrogen) atoms. The van der Waals surface area contributed by atoms with Crippen molar-refractivity contribution in [2.45, 2.75) is 27.2 Å². The zero-order chi connectivity index (χ0) is 24.0. The highest BCUT2D eigenvalue weighted by molar-refractivity contribution is 6.07. The molecule has 2 aromatic carbocycles. The van der Waals surface area contributed by atoms with Crippen LogP contribution in [-0.4, -0.2) is 28.8 Å². The number of benzene rings is 2. The average Bonchev–Trinajstić information content (AvgIpc) is 3.06. The monoisotopic (exact) mass is 444 g/mol. The Labute approximate surface area is 193 Å². The van der Waals surface area contributed by atoms with Gasteiger partial charge >= 0.3 is 0 Å². The number of aryl methyl sites for hydroxylation is 2. The number of carbonyl (C=O) groups is 3. The van der Waals surface area contributed by atoms with Gasteiger partial charge in [-0.3, -0.25) is 14.4 Å². The Morgan fingerprint density at radius 3 is 2.39 bits per heavy atom. The van der Waals surface area contributed by atoms with Gasteiger partial charge in [0.15, 0.2) is 0 Å². The zero-order valence-electron chi connectivity index (χ0n) is 19.0. The van der Waals surface area contributed by atoms with Crippen molar-refractivity contribution < 1.29 is 14.4 Å². The lowest BCUT2D eigenvalue weighted by Crippen LogP contribution is -2.28. The molecule has 0 bridgehead atoms. The Morgan fingerprint density at radius 1 is 1.00 bits per heavy atom. The third kappa shape index (κ3) is 5.98. The van der Waals surface area contributed by atoms with Gasteiger partial charge in [-0.15, -0.1) is 0 Å². The molecule has 3 rings (SSSR count). The van der Waals surface area contributed by atoms with Gasteiger partial charge in [-0.25, -0.2) is 0 Å². The molecule has 0 aliphatic rings. The fourth-order valence-electron chi connectivity index (χ4n) is 3.57. The van der Waals surface area contributed by atoms with Gasteiger partial charge in [0, 0.05) is 36.1 Å². The summed E-state index contributed by atoms with van der Waals surface area (Å²) < 4.78 is 2.14. The SMILES string of the molecule is Cc1ccc(-n2c(C)cc(/C=C/C(=O)Nc3ccccc3C(=O)NCCC(N)=O)c2C)cc1. The predicted molar refractivity (Wildman–Crippen MR) is 130 cm³/mol. The molecule has 7 nitrogen and oxygen atoms in total. The Hall–Kier alpha value is -4.13. The van der Waals surface area contributed by atoms with Crippen molar-refractivity contribution in [3.8, 4) is 5.69 Å². The second-order valence-corrected chi connectivity index (χ2v) is 7.84. The lowest BCUT2D eigenvalue weighted by atomic mass is 10.1.